The van der Waals surface area contributed by atoms with Gasteiger partial charge < -0.3 is 0 Å². The minimum absolute atomic E-state index is 0.0654. The van der Waals surface area contributed by atoms with Crippen molar-refractivity contribution >= 4 is 38.7 Å². The van der Waals surface area contributed by atoms with Crippen molar-refractivity contribution in [3.05, 3.63) is 51.9 Å². The van der Waals surface area contributed by atoms with Crippen molar-refractivity contribution in [2.75, 3.05) is 13.1 Å². The average molecular weight is 384 g/mol. The van der Waals surface area contributed by atoms with Crippen LogP contribution in [0.1, 0.15) is 28.1 Å². The standard InChI is InChI=1S/C17H18ClNO3S2/c1-12-2-7-16(23-12)24(21,22)19-10-8-14(9-11-19)17(20)13-3-5-15(18)6-4-13/h2-7,14H,8-11H2,1H3. The summed E-state index contributed by atoms with van der Waals surface area (Å²) in [4.78, 5) is 13.5. The van der Waals surface area contributed by atoms with E-state index >= 15 is 0 Å². The van der Waals surface area contributed by atoms with Gasteiger partial charge in [-0.05, 0) is 56.2 Å². The summed E-state index contributed by atoms with van der Waals surface area (Å²) in [6.45, 7) is 2.65. The van der Waals surface area contributed by atoms with Crippen LogP contribution < -0.4 is 0 Å². The molecule has 0 atom stereocenters. The molecule has 2 heterocycles. The van der Waals surface area contributed by atoms with Crippen molar-refractivity contribution in [1.82, 2.24) is 4.31 Å². The van der Waals surface area contributed by atoms with Gasteiger partial charge in [0.05, 0.1) is 0 Å². The van der Waals surface area contributed by atoms with Crippen molar-refractivity contribution in [1.29, 1.82) is 0 Å². The quantitative estimate of drug-likeness (QED) is 0.750. The molecule has 4 nitrogen and oxygen atoms in total. The van der Waals surface area contributed by atoms with E-state index in [0.29, 0.717) is 40.7 Å². The molecule has 0 saturated carbocycles. The second kappa shape index (κ2) is 6.96. The summed E-state index contributed by atoms with van der Waals surface area (Å²) in [5.74, 6) is -0.0709. The first-order valence-electron chi connectivity index (χ1n) is 7.74. The monoisotopic (exact) mass is 383 g/mol. The first-order chi connectivity index (χ1) is 11.4. The lowest BCUT2D eigenvalue weighted by Gasteiger charge is -2.30. The topological polar surface area (TPSA) is 54.5 Å². The van der Waals surface area contributed by atoms with Crippen LogP contribution in [0.2, 0.25) is 5.02 Å². The number of halogens is 1. The number of thiophene rings is 1. The van der Waals surface area contributed by atoms with Crippen molar-refractivity contribution in [2.45, 2.75) is 24.0 Å². The normalized spacial score (nSPS) is 17.1. The van der Waals surface area contributed by atoms with E-state index in [1.54, 1.807) is 30.3 Å². The van der Waals surface area contributed by atoms with Crippen LogP contribution in [-0.2, 0) is 10.0 Å². The maximum absolute atomic E-state index is 12.6. The SMILES string of the molecule is Cc1ccc(S(=O)(=O)N2CCC(C(=O)c3ccc(Cl)cc3)CC2)s1. The maximum atomic E-state index is 12.6. The summed E-state index contributed by atoms with van der Waals surface area (Å²) in [6.07, 6.45) is 1.09. The van der Waals surface area contributed by atoms with Crippen LogP contribution in [0.15, 0.2) is 40.6 Å². The molecule has 1 saturated heterocycles. The first-order valence-corrected chi connectivity index (χ1v) is 10.4. The van der Waals surface area contributed by atoms with Gasteiger partial charge in [-0.1, -0.05) is 11.6 Å². The van der Waals surface area contributed by atoms with Crippen LogP contribution in [0.4, 0.5) is 0 Å². The number of nitrogens with zero attached hydrogens (tertiary/aromatic N) is 1. The van der Waals surface area contributed by atoms with Crippen LogP contribution in [0.25, 0.3) is 0 Å². The van der Waals surface area contributed by atoms with Crippen molar-refractivity contribution in [2.24, 2.45) is 5.92 Å². The van der Waals surface area contributed by atoms with Gasteiger partial charge >= 0.3 is 0 Å². The van der Waals surface area contributed by atoms with Crippen LogP contribution in [0.3, 0.4) is 0 Å². The Morgan fingerprint density at radius 1 is 1.12 bits per heavy atom. The Morgan fingerprint density at radius 3 is 2.29 bits per heavy atom. The Balaban J connectivity index is 1.67. The summed E-state index contributed by atoms with van der Waals surface area (Å²) < 4.78 is 27.1. The first kappa shape index (κ1) is 17.6. The zero-order valence-corrected chi connectivity index (χ0v) is 15.6. The molecule has 1 aromatic carbocycles. The van der Waals surface area contributed by atoms with Crippen LogP contribution in [-0.4, -0.2) is 31.6 Å². The predicted octanol–water partition coefficient (Wildman–Crippen LogP) is 3.99. The number of aryl methyl sites for hydroxylation is 1. The molecule has 0 unspecified atom stereocenters. The van der Waals surface area contributed by atoms with E-state index < -0.39 is 10.0 Å². The minimum atomic E-state index is -3.44. The highest BCUT2D eigenvalue weighted by Gasteiger charge is 2.33. The molecule has 24 heavy (non-hydrogen) atoms. The number of ketones is 1. The van der Waals surface area contributed by atoms with E-state index in [2.05, 4.69) is 0 Å². The lowest BCUT2D eigenvalue weighted by Crippen LogP contribution is -2.40. The molecule has 128 valence electrons. The van der Waals surface area contributed by atoms with Gasteiger partial charge in [0.2, 0.25) is 0 Å². The van der Waals surface area contributed by atoms with Crippen LogP contribution in [0, 0.1) is 12.8 Å². The Bertz CT molecular complexity index is 835. The predicted molar refractivity (Wildman–Crippen MR) is 96.3 cm³/mol. The number of hydrogen-bond donors (Lipinski definition) is 0. The molecule has 0 aliphatic carbocycles. The molecular formula is C17H18ClNO3S2. The van der Waals surface area contributed by atoms with Gasteiger partial charge in [0.1, 0.15) is 4.21 Å². The number of sulfonamides is 1. The fourth-order valence-electron chi connectivity index (χ4n) is 2.89. The van der Waals surface area contributed by atoms with Gasteiger partial charge in [-0.15, -0.1) is 11.3 Å². The minimum Gasteiger partial charge on any atom is -0.294 e. The van der Waals surface area contributed by atoms with Gasteiger partial charge in [0.15, 0.2) is 5.78 Å². The summed E-state index contributed by atoms with van der Waals surface area (Å²) >= 11 is 7.13. The van der Waals surface area contributed by atoms with Gasteiger partial charge in [0.25, 0.3) is 10.0 Å². The van der Waals surface area contributed by atoms with E-state index in [4.69, 9.17) is 11.6 Å². The Labute approximate surface area is 151 Å². The molecule has 1 fully saturated rings. The second-order valence-corrected chi connectivity index (χ2v) is 9.80. The number of carbonyl (C=O) groups excluding carboxylic acids is 1. The van der Waals surface area contributed by atoms with Gasteiger partial charge in [-0.25, -0.2) is 8.42 Å². The Hall–Kier alpha value is -1.21. The summed E-state index contributed by atoms with van der Waals surface area (Å²) in [6, 6.07) is 10.3. The van der Waals surface area contributed by atoms with Gasteiger partial charge in [-0.2, -0.15) is 4.31 Å². The fraction of sp³-hybridized carbons (Fsp3) is 0.353. The number of rotatable bonds is 4. The lowest BCUT2D eigenvalue weighted by atomic mass is 9.90. The van der Waals surface area contributed by atoms with E-state index in [9.17, 15) is 13.2 Å². The summed E-state index contributed by atoms with van der Waals surface area (Å²) in [5.41, 5.74) is 0.634. The number of hydrogen-bond acceptors (Lipinski definition) is 4. The van der Waals surface area contributed by atoms with Crippen LogP contribution in [0.5, 0.6) is 0 Å². The van der Waals surface area contributed by atoms with E-state index in [1.807, 2.05) is 13.0 Å². The highest BCUT2D eigenvalue weighted by atomic mass is 35.5. The molecule has 0 spiro atoms. The van der Waals surface area contributed by atoms with Gasteiger partial charge in [-0.3, -0.25) is 4.79 Å². The highest BCUT2D eigenvalue weighted by molar-refractivity contribution is 7.91. The van der Waals surface area contributed by atoms with Crippen molar-refractivity contribution < 1.29 is 13.2 Å². The molecule has 0 N–H and O–H groups in total. The summed E-state index contributed by atoms with van der Waals surface area (Å²) in [5, 5.41) is 0.596. The molecule has 1 aliphatic heterocycles. The molecule has 7 heteroatoms. The maximum Gasteiger partial charge on any atom is 0.252 e. The number of Topliss-reactive ketones (excluding diaryl/α,β-unsaturated/α-hetero) is 1. The third-order valence-corrected chi connectivity index (χ3v) is 7.88. The van der Waals surface area contributed by atoms with Gasteiger partial charge in [0, 0.05) is 34.5 Å². The fourth-order valence-corrected chi connectivity index (χ4v) is 5.92. The molecular weight excluding hydrogens is 366 g/mol. The Kier molecular flexibility index (Phi) is 5.11. The second-order valence-electron chi connectivity index (χ2n) is 5.91. The zero-order chi connectivity index (χ0) is 17.3. The molecule has 0 radical (unpaired) electrons. The average Bonchev–Trinajstić information content (AvgIpc) is 3.02. The van der Waals surface area contributed by atoms with Crippen molar-refractivity contribution in [3.63, 3.8) is 0 Å². The molecule has 1 aliphatic rings. The molecule has 3 rings (SSSR count). The zero-order valence-electron chi connectivity index (χ0n) is 13.2. The number of carbonyl (C=O) groups is 1. The Morgan fingerprint density at radius 2 is 1.75 bits per heavy atom. The highest BCUT2D eigenvalue weighted by Crippen LogP contribution is 2.29. The number of piperidine rings is 1. The summed E-state index contributed by atoms with van der Waals surface area (Å²) in [7, 11) is -3.44. The lowest BCUT2D eigenvalue weighted by molar-refractivity contribution is 0.0875. The van der Waals surface area contributed by atoms with E-state index in [0.717, 1.165) is 4.88 Å². The smallest absolute Gasteiger partial charge is 0.252 e. The van der Waals surface area contributed by atoms with E-state index in [1.165, 1.54) is 15.6 Å². The van der Waals surface area contributed by atoms with Crippen molar-refractivity contribution in [3.8, 4) is 0 Å². The molecule has 1 aromatic heterocycles. The van der Waals surface area contributed by atoms with E-state index in [-0.39, 0.29) is 11.7 Å². The number of benzene rings is 1. The van der Waals surface area contributed by atoms with Crippen LogP contribution >= 0.6 is 22.9 Å². The molecule has 2 aromatic rings. The third-order valence-electron chi connectivity index (χ3n) is 4.26. The molecule has 0 amide bonds. The largest absolute Gasteiger partial charge is 0.294 e. The third kappa shape index (κ3) is 3.57. The molecule has 0 bridgehead atoms.